The number of hydrogen-bond donors (Lipinski definition) is 1. The smallest absolute Gasteiger partial charge is 0.338 e. The normalized spacial score (nSPS) is 18.4. The van der Waals surface area contributed by atoms with Gasteiger partial charge in [0.1, 0.15) is 0 Å². The summed E-state index contributed by atoms with van der Waals surface area (Å²) >= 11 is 1.54. The van der Waals surface area contributed by atoms with E-state index in [0.717, 1.165) is 12.0 Å². The van der Waals surface area contributed by atoms with Gasteiger partial charge >= 0.3 is 12.0 Å². The largest absolute Gasteiger partial charge is 0.463 e. The molecule has 0 saturated heterocycles. The van der Waals surface area contributed by atoms with Gasteiger partial charge in [-0.25, -0.2) is 9.59 Å². The number of nitrogens with zero attached hydrogens (tertiary/aromatic N) is 1. The summed E-state index contributed by atoms with van der Waals surface area (Å²) in [7, 11) is 0. The van der Waals surface area contributed by atoms with Gasteiger partial charge in [-0.05, 0) is 48.6 Å². The lowest BCUT2D eigenvalue weighted by atomic mass is 9.96. The molecule has 2 amide bonds. The molecule has 1 aliphatic heterocycles. The van der Waals surface area contributed by atoms with Crippen LogP contribution in [0.1, 0.15) is 45.7 Å². The van der Waals surface area contributed by atoms with Crippen LogP contribution in [0.5, 0.6) is 0 Å². The predicted octanol–water partition coefficient (Wildman–Crippen LogP) is 3.70. The Morgan fingerprint density at radius 2 is 2.22 bits per heavy atom. The Morgan fingerprint density at radius 3 is 2.78 bits per heavy atom. The number of esters is 1. The fraction of sp³-hybridized carbons (Fsp3) is 0.529. The zero-order valence-corrected chi connectivity index (χ0v) is 14.9. The number of carbonyl (C=O) groups excluding carboxylic acids is 2. The molecule has 1 aromatic rings. The highest BCUT2D eigenvalue weighted by Crippen LogP contribution is 2.32. The number of urea groups is 1. The Hall–Kier alpha value is -1.82. The van der Waals surface area contributed by atoms with E-state index in [4.69, 9.17) is 4.74 Å². The number of rotatable bonds is 6. The molecule has 0 fully saturated rings. The highest BCUT2D eigenvalue weighted by Gasteiger charge is 2.36. The molecular weight excluding hydrogens is 312 g/mol. The fourth-order valence-corrected chi connectivity index (χ4v) is 3.29. The van der Waals surface area contributed by atoms with Crippen LogP contribution < -0.4 is 5.32 Å². The number of amides is 2. The second kappa shape index (κ2) is 7.64. The van der Waals surface area contributed by atoms with Gasteiger partial charge in [0.05, 0.1) is 18.2 Å². The van der Waals surface area contributed by atoms with Gasteiger partial charge in [0.15, 0.2) is 0 Å². The van der Waals surface area contributed by atoms with Crippen molar-refractivity contribution in [2.75, 3.05) is 13.2 Å². The van der Waals surface area contributed by atoms with E-state index >= 15 is 0 Å². The molecule has 0 radical (unpaired) electrons. The quantitative estimate of drug-likeness (QED) is 0.806. The minimum absolute atomic E-state index is 0.160. The number of thiophene rings is 1. The fourth-order valence-electron chi connectivity index (χ4n) is 2.60. The van der Waals surface area contributed by atoms with Crippen LogP contribution >= 0.6 is 11.3 Å². The molecule has 0 bridgehead atoms. The van der Waals surface area contributed by atoms with Gasteiger partial charge in [0.2, 0.25) is 0 Å². The SMILES string of the molecule is CCOC(=O)C1=C(C)N(CCC(C)C)C(=O)NC1c1ccsc1. The number of ether oxygens (including phenoxy) is 1. The molecule has 1 unspecified atom stereocenters. The molecule has 1 aromatic heterocycles. The van der Waals surface area contributed by atoms with Crippen LogP contribution in [0.3, 0.4) is 0 Å². The lowest BCUT2D eigenvalue weighted by Gasteiger charge is -2.35. The van der Waals surface area contributed by atoms with Crippen LogP contribution in [-0.2, 0) is 9.53 Å². The Kier molecular flexibility index (Phi) is 5.82. The summed E-state index contributed by atoms with van der Waals surface area (Å²) in [6.07, 6.45) is 0.879. The Morgan fingerprint density at radius 1 is 1.48 bits per heavy atom. The van der Waals surface area contributed by atoms with Crippen molar-refractivity contribution in [1.82, 2.24) is 10.2 Å². The topological polar surface area (TPSA) is 58.6 Å². The van der Waals surface area contributed by atoms with Gasteiger partial charge in [-0.3, -0.25) is 4.90 Å². The maximum absolute atomic E-state index is 12.5. The molecule has 23 heavy (non-hydrogen) atoms. The summed E-state index contributed by atoms with van der Waals surface area (Å²) in [5, 5.41) is 6.83. The number of allylic oxidation sites excluding steroid dienone is 1. The van der Waals surface area contributed by atoms with E-state index in [-0.39, 0.29) is 12.0 Å². The molecule has 2 rings (SSSR count). The maximum atomic E-state index is 12.5. The van der Waals surface area contributed by atoms with Gasteiger partial charge in [0, 0.05) is 12.2 Å². The third kappa shape index (κ3) is 3.93. The number of nitrogens with one attached hydrogen (secondary N) is 1. The van der Waals surface area contributed by atoms with Crippen LogP contribution in [0.25, 0.3) is 0 Å². The first-order valence-corrected chi connectivity index (χ1v) is 8.88. The summed E-state index contributed by atoms with van der Waals surface area (Å²) in [5.41, 5.74) is 2.12. The Bertz CT molecular complexity index is 593. The van der Waals surface area contributed by atoms with E-state index in [0.29, 0.717) is 30.3 Å². The summed E-state index contributed by atoms with van der Waals surface area (Å²) in [6.45, 7) is 8.74. The van der Waals surface area contributed by atoms with E-state index in [9.17, 15) is 9.59 Å². The average molecular weight is 336 g/mol. The van der Waals surface area contributed by atoms with Crippen molar-refractivity contribution < 1.29 is 14.3 Å². The van der Waals surface area contributed by atoms with Crippen LogP contribution in [0.4, 0.5) is 4.79 Å². The van der Waals surface area contributed by atoms with Crippen molar-refractivity contribution in [3.8, 4) is 0 Å². The molecule has 5 nitrogen and oxygen atoms in total. The van der Waals surface area contributed by atoms with Crippen LogP contribution in [-0.4, -0.2) is 30.1 Å². The van der Waals surface area contributed by atoms with Crippen molar-refractivity contribution >= 4 is 23.3 Å². The van der Waals surface area contributed by atoms with E-state index in [1.807, 2.05) is 23.8 Å². The third-order valence-corrected chi connectivity index (χ3v) is 4.60. The van der Waals surface area contributed by atoms with Gasteiger partial charge in [-0.1, -0.05) is 13.8 Å². The predicted molar refractivity (Wildman–Crippen MR) is 91.1 cm³/mol. The molecular formula is C17H24N2O3S. The molecule has 126 valence electrons. The zero-order valence-electron chi connectivity index (χ0n) is 14.1. The lowest BCUT2D eigenvalue weighted by Crippen LogP contribution is -2.48. The Labute approximate surface area is 141 Å². The van der Waals surface area contributed by atoms with Crippen LogP contribution in [0.2, 0.25) is 0 Å². The van der Waals surface area contributed by atoms with Gasteiger partial charge < -0.3 is 10.1 Å². The van der Waals surface area contributed by atoms with E-state index < -0.39 is 6.04 Å². The highest BCUT2D eigenvalue weighted by atomic mass is 32.1. The molecule has 1 atom stereocenters. The second-order valence-corrected chi connectivity index (χ2v) is 6.77. The number of hydrogen-bond acceptors (Lipinski definition) is 4. The molecule has 6 heteroatoms. The molecule has 0 spiro atoms. The van der Waals surface area contributed by atoms with Crippen molar-refractivity contribution in [2.24, 2.45) is 5.92 Å². The van der Waals surface area contributed by atoms with Gasteiger partial charge in [-0.2, -0.15) is 11.3 Å². The van der Waals surface area contributed by atoms with Gasteiger partial charge in [-0.15, -0.1) is 0 Å². The molecule has 0 aromatic carbocycles. The molecule has 2 heterocycles. The third-order valence-electron chi connectivity index (χ3n) is 3.90. The Balaban J connectivity index is 2.38. The minimum Gasteiger partial charge on any atom is -0.463 e. The van der Waals surface area contributed by atoms with Gasteiger partial charge in [0.25, 0.3) is 0 Å². The summed E-state index contributed by atoms with van der Waals surface area (Å²) in [6, 6.07) is 1.32. The van der Waals surface area contributed by atoms with Crippen molar-refractivity contribution in [3.05, 3.63) is 33.7 Å². The molecule has 0 saturated carbocycles. The summed E-state index contributed by atoms with van der Waals surface area (Å²) in [4.78, 5) is 26.6. The zero-order chi connectivity index (χ0) is 17.0. The maximum Gasteiger partial charge on any atom is 0.338 e. The standard InChI is InChI=1S/C17H24N2O3S/c1-5-22-16(20)14-12(4)19(8-6-11(2)3)17(21)18-15(14)13-7-9-23-10-13/h7,9-11,15H,5-6,8H2,1-4H3,(H,18,21). The van der Waals surface area contributed by atoms with Crippen LogP contribution in [0, 0.1) is 5.92 Å². The van der Waals surface area contributed by atoms with Crippen molar-refractivity contribution in [1.29, 1.82) is 0 Å². The van der Waals surface area contributed by atoms with Crippen molar-refractivity contribution in [2.45, 2.75) is 40.2 Å². The molecule has 0 aliphatic carbocycles. The number of carbonyl (C=O) groups is 2. The summed E-state index contributed by atoms with van der Waals surface area (Å²) < 4.78 is 5.22. The highest BCUT2D eigenvalue weighted by molar-refractivity contribution is 7.08. The second-order valence-electron chi connectivity index (χ2n) is 5.99. The summed E-state index contributed by atoms with van der Waals surface area (Å²) in [5.74, 6) is 0.118. The van der Waals surface area contributed by atoms with E-state index in [1.54, 1.807) is 11.8 Å². The first kappa shape index (κ1) is 17.5. The monoisotopic (exact) mass is 336 g/mol. The molecule has 1 N–H and O–H groups in total. The first-order valence-electron chi connectivity index (χ1n) is 7.93. The average Bonchev–Trinajstić information content (AvgIpc) is 3.00. The van der Waals surface area contributed by atoms with Crippen molar-refractivity contribution in [3.63, 3.8) is 0 Å². The first-order chi connectivity index (χ1) is 11.0. The van der Waals surface area contributed by atoms with E-state index in [1.165, 1.54) is 11.3 Å². The van der Waals surface area contributed by atoms with E-state index in [2.05, 4.69) is 19.2 Å². The lowest BCUT2D eigenvalue weighted by molar-refractivity contribution is -0.139. The minimum atomic E-state index is -0.442. The molecule has 1 aliphatic rings. The van der Waals surface area contributed by atoms with Crippen LogP contribution in [0.15, 0.2) is 28.1 Å².